The van der Waals surface area contributed by atoms with E-state index in [1.54, 1.807) is 28.8 Å². The minimum Gasteiger partial charge on any atom is -0.459 e. The first-order valence-electron chi connectivity index (χ1n) is 12.0. The van der Waals surface area contributed by atoms with E-state index in [0.29, 0.717) is 31.2 Å². The lowest BCUT2D eigenvalue weighted by molar-refractivity contribution is -0.0567. The Bertz CT molecular complexity index is 1560. The van der Waals surface area contributed by atoms with Crippen LogP contribution in [0, 0.1) is 13.8 Å². The summed E-state index contributed by atoms with van der Waals surface area (Å²) in [7, 11) is 0. The molecule has 9 nitrogen and oxygen atoms in total. The first-order valence-corrected chi connectivity index (χ1v) is 13.9. The van der Waals surface area contributed by atoms with E-state index in [-0.39, 0.29) is 24.1 Å². The molecule has 0 radical (unpaired) electrons. The van der Waals surface area contributed by atoms with Crippen LogP contribution < -0.4 is 5.73 Å². The maximum atomic E-state index is 13.0. The molecule has 1 fully saturated rings. The lowest BCUT2D eigenvalue weighted by atomic mass is 10.1. The molecule has 3 heterocycles. The molecule has 0 spiro atoms. The highest BCUT2D eigenvalue weighted by molar-refractivity contribution is 9.13. The SMILES string of the molecule is Cc1ccc(C(=O)OC[C@H]2O[C@@H](n3c(Br)c(Br)c4c(Cl)nc(N)nc43)C[C@@H]2OC(=O)c2ccc(C)cc2)cc1. The van der Waals surface area contributed by atoms with Gasteiger partial charge in [0.15, 0.2) is 5.65 Å². The third kappa shape index (κ3) is 5.67. The number of ether oxygens (including phenoxy) is 3. The smallest absolute Gasteiger partial charge is 0.338 e. The molecule has 1 aliphatic rings. The summed E-state index contributed by atoms with van der Waals surface area (Å²) >= 11 is 13.5. The van der Waals surface area contributed by atoms with Gasteiger partial charge in [0.05, 0.1) is 21.0 Å². The van der Waals surface area contributed by atoms with Gasteiger partial charge in [0.1, 0.15) is 34.8 Å². The van der Waals surface area contributed by atoms with Gasteiger partial charge in [-0.05, 0) is 70.0 Å². The van der Waals surface area contributed by atoms with Crippen LogP contribution >= 0.6 is 43.5 Å². The lowest BCUT2D eigenvalue weighted by Crippen LogP contribution is -2.32. The summed E-state index contributed by atoms with van der Waals surface area (Å²) in [6, 6.07) is 14.1. The van der Waals surface area contributed by atoms with E-state index >= 15 is 0 Å². The number of halogens is 3. The number of esters is 2. The number of hydrogen-bond donors (Lipinski definition) is 1. The Morgan fingerprint density at radius 1 is 1.03 bits per heavy atom. The van der Waals surface area contributed by atoms with Gasteiger partial charge in [-0.2, -0.15) is 4.98 Å². The van der Waals surface area contributed by atoms with Gasteiger partial charge in [-0.25, -0.2) is 14.6 Å². The van der Waals surface area contributed by atoms with Crippen molar-refractivity contribution in [2.24, 2.45) is 0 Å². The van der Waals surface area contributed by atoms with Gasteiger partial charge in [-0.1, -0.05) is 47.0 Å². The van der Waals surface area contributed by atoms with Gasteiger partial charge in [0.25, 0.3) is 0 Å². The molecule has 5 rings (SSSR count). The fraction of sp³-hybridized carbons (Fsp3) is 0.259. The molecular weight excluding hydrogens is 656 g/mol. The van der Waals surface area contributed by atoms with Crippen molar-refractivity contribution in [3.05, 3.63) is 85.0 Å². The molecule has 2 N–H and O–H groups in total. The second-order valence-corrected chi connectivity index (χ2v) is 11.1. The van der Waals surface area contributed by atoms with Crippen molar-refractivity contribution in [1.29, 1.82) is 0 Å². The quantitative estimate of drug-likeness (QED) is 0.190. The first kappa shape index (κ1) is 27.6. The van der Waals surface area contributed by atoms with Gasteiger partial charge < -0.3 is 19.9 Å². The number of aryl methyl sites for hydroxylation is 2. The average molecular weight is 679 g/mol. The third-order valence-electron chi connectivity index (χ3n) is 6.38. The van der Waals surface area contributed by atoms with E-state index < -0.39 is 30.4 Å². The van der Waals surface area contributed by atoms with Gasteiger partial charge in [-0.3, -0.25) is 4.57 Å². The third-order valence-corrected chi connectivity index (χ3v) is 8.74. The van der Waals surface area contributed by atoms with E-state index in [4.69, 9.17) is 31.5 Å². The lowest BCUT2D eigenvalue weighted by Gasteiger charge is -2.19. The molecule has 12 heteroatoms. The predicted octanol–water partition coefficient (Wildman–Crippen LogP) is 6.18. The molecule has 3 atom stereocenters. The largest absolute Gasteiger partial charge is 0.459 e. The molecule has 2 aromatic heterocycles. The number of hydrogen-bond acceptors (Lipinski definition) is 8. The molecule has 1 aliphatic heterocycles. The number of benzene rings is 2. The average Bonchev–Trinajstić information content (AvgIpc) is 3.40. The molecule has 0 saturated carbocycles. The van der Waals surface area contributed by atoms with Crippen LogP contribution in [0.4, 0.5) is 5.95 Å². The molecule has 1 saturated heterocycles. The Hall–Kier alpha value is -2.99. The van der Waals surface area contributed by atoms with Gasteiger partial charge in [0.2, 0.25) is 5.95 Å². The summed E-state index contributed by atoms with van der Waals surface area (Å²) in [5, 5.41) is 0.719. The van der Waals surface area contributed by atoms with Gasteiger partial charge in [-0.15, -0.1) is 0 Å². The minimum absolute atomic E-state index is 0.00447. The second-order valence-electron chi connectivity index (χ2n) is 9.19. The number of anilines is 1. The number of carbonyl (C=O) groups excluding carboxylic acids is 2. The summed E-state index contributed by atoms with van der Waals surface area (Å²) in [4.78, 5) is 34.1. The zero-order chi connectivity index (χ0) is 27.8. The Kier molecular flexibility index (Phi) is 7.95. The molecule has 0 aliphatic carbocycles. The van der Waals surface area contributed by atoms with Crippen molar-refractivity contribution in [2.75, 3.05) is 12.3 Å². The molecule has 0 bridgehead atoms. The zero-order valence-electron chi connectivity index (χ0n) is 20.9. The van der Waals surface area contributed by atoms with Gasteiger partial charge >= 0.3 is 11.9 Å². The molecule has 39 heavy (non-hydrogen) atoms. The minimum atomic E-state index is -0.753. The highest BCUT2D eigenvalue weighted by Gasteiger charge is 2.42. The summed E-state index contributed by atoms with van der Waals surface area (Å²) < 4.78 is 20.7. The van der Waals surface area contributed by atoms with Crippen LogP contribution in [0.2, 0.25) is 5.15 Å². The highest BCUT2D eigenvalue weighted by atomic mass is 79.9. The van der Waals surface area contributed by atoms with Crippen molar-refractivity contribution in [1.82, 2.24) is 14.5 Å². The summed E-state index contributed by atoms with van der Waals surface area (Å²) in [6.07, 6.45) is -1.89. The van der Waals surface area contributed by atoms with Crippen molar-refractivity contribution in [2.45, 2.75) is 38.7 Å². The number of nitrogens with two attached hydrogens (primary N) is 1. The fourth-order valence-electron chi connectivity index (χ4n) is 4.32. The number of nitrogens with zero attached hydrogens (tertiary/aromatic N) is 3. The number of rotatable bonds is 6. The molecule has 0 unspecified atom stereocenters. The summed E-state index contributed by atoms with van der Waals surface area (Å²) in [5.74, 6) is -1.02. The van der Waals surface area contributed by atoms with E-state index in [1.165, 1.54) is 0 Å². The zero-order valence-corrected chi connectivity index (χ0v) is 24.8. The Morgan fingerprint density at radius 2 is 1.62 bits per heavy atom. The summed E-state index contributed by atoms with van der Waals surface area (Å²) in [5.41, 5.74) is 9.16. The number of fused-ring (bicyclic) bond motifs is 1. The second kappa shape index (κ2) is 11.2. The summed E-state index contributed by atoms with van der Waals surface area (Å²) in [6.45, 7) is 3.73. The monoisotopic (exact) mass is 676 g/mol. The fourth-order valence-corrected chi connectivity index (χ4v) is 5.85. The number of carbonyl (C=O) groups is 2. The number of aromatic nitrogens is 3. The molecule has 0 amide bonds. The van der Waals surface area contributed by atoms with Crippen molar-refractivity contribution in [3.8, 4) is 0 Å². The van der Waals surface area contributed by atoms with Crippen LogP contribution in [-0.2, 0) is 14.2 Å². The van der Waals surface area contributed by atoms with Crippen LogP contribution in [0.5, 0.6) is 0 Å². The van der Waals surface area contributed by atoms with Crippen LogP contribution in [0.3, 0.4) is 0 Å². The highest BCUT2D eigenvalue weighted by Crippen LogP contribution is 2.43. The topological polar surface area (TPSA) is 119 Å². The van der Waals surface area contributed by atoms with E-state index in [1.807, 2.05) is 38.1 Å². The standard InChI is InChI=1S/C27H23Br2ClN4O5/c1-13-3-7-15(8-4-13)25(35)37-12-18-17(39-26(36)16-9-5-14(2)6-10-16)11-19(38-18)34-22(29)21(28)20-23(30)32-27(31)33-24(20)34/h3-10,17-19H,11-12H2,1-2H3,(H2,31,32,33)/t17-,18+,19+/m0/s1. The maximum absolute atomic E-state index is 13.0. The van der Waals surface area contributed by atoms with Gasteiger partial charge in [0, 0.05) is 6.42 Å². The van der Waals surface area contributed by atoms with Crippen molar-refractivity contribution < 1.29 is 23.8 Å². The van der Waals surface area contributed by atoms with Crippen LogP contribution in [0.15, 0.2) is 57.6 Å². The molecule has 202 valence electrons. The molecular formula is C27H23Br2ClN4O5. The normalized spacial score (nSPS) is 18.8. The van der Waals surface area contributed by atoms with E-state index in [9.17, 15) is 9.59 Å². The van der Waals surface area contributed by atoms with Crippen LogP contribution in [0.1, 0.15) is 44.5 Å². The van der Waals surface area contributed by atoms with E-state index in [0.717, 1.165) is 11.1 Å². The molecule has 2 aromatic carbocycles. The van der Waals surface area contributed by atoms with Crippen molar-refractivity contribution >= 4 is 72.4 Å². The predicted molar refractivity (Wildman–Crippen MR) is 153 cm³/mol. The Balaban J connectivity index is 1.43. The molecule has 4 aromatic rings. The Morgan fingerprint density at radius 3 is 2.23 bits per heavy atom. The van der Waals surface area contributed by atoms with Crippen LogP contribution in [-0.4, -0.2) is 45.3 Å². The van der Waals surface area contributed by atoms with Crippen molar-refractivity contribution in [3.63, 3.8) is 0 Å². The van der Waals surface area contributed by atoms with E-state index in [2.05, 4.69) is 41.8 Å². The maximum Gasteiger partial charge on any atom is 0.338 e. The van der Waals surface area contributed by atoms with Crippen LogP contribution in [0.25, 0.3) is 11.0 Å². The Labute approximate surface area is 245 Å². The number of nitrogen functional groups attached to an aromatic ring is 1. The first-order chi connectivity index (χ1) is 18.6.